The smallest absolute Gasteiger partial charge is 0.0742 e. The Balaban J connectivity index is 0.867. The monoisotopic (exact) mass is 1680 g/mol. The summed E-state index contributed by atoms with van der Waals surface area (Å²) in [5.41, 5.74) is 38.0. The molecule has 4 heteroatoms. The van der Waals surface area contributed by atoms with Crippen LogP contribution in [0, 0.1) is 0 Å². The third-order valence-corrected chi connectivity index (χ3v) is 28.4. The number of rotatable bonds is 13. The minimum absolute atomic E-state index is 0.116. The van der Waals surface area contributed by atoms with Crippen molar-refractivity contribution in [2.75, 3.05) is 19.6 Å². The summed E-state index contributed by atoms with van der Waals surface area (Å²) in [5, 5.41) is 4.79. The molecule has 0 radical (unpaired) electrons. The molecule has 624 valence electrons. The highest BCUT2D eigenvalue weighted by atomic mass is 15.2. The maximum Gasteiger partial charge on any atom is 0.0742 e. The van der Waals surface area contributed by atoms with Gasteiger partial charge in [-0.25, -0.2) is 0 Å². The first kappa shape index (κ1) is 78.6. The average Bonchev–Trinajstić information content (AvgIpc) is 0.683. The van der Waals surface area contributed by atoms with Crippen LogP contribution in [0.4, 0.5) is 68.2 Å². The van der Waals surface area contributed by atoms with Crippen LogP contribution in [0.25, 0.3) is 77.2 Å². The second kappa shape index (κ2) is 31.0. The molecule has 0 aromatic heterocycles. The summed E-state index contributed by atoms with van der Waals surface area (Å²) in [4.78, 5) is 10.7. The molecule has 0 N–H and O–H groups in total. The molecule has 20 aromatic carbocycles. The first-order valence-electron chi connectivity index (χ1n) is 46.1. The molecule has 20 aromatic rings. The van der Waals surface area contributed by atoms with Crippen LogP contribution in [0.5, 0.6) is 0 Å². The first-order chi connectivity index (χ1) is 64.3. The van der Waals surface area contributed by atoms with E-state index in [1.807, 2.05) is 0 Å². The highest BCUT2D eigenvalue weighted by Gasteiger charge is 2.51. The van der Waals surface area contributed by atoms with Gasteiger partial charge < -0.3 is 19.6 Å². The molecule has 0 fully saturated rings. The lowest BCUT2D eigenvalue weighted by molar-refractivity contribution is 0.590. The number of anilines is 12. The van der Waals surface area contributed by atoms with Crippen LogP contribution >= 0.6 is 0 Å². The van der Waals surface area contributed by atoms with Crippen LogP contribution in [-0.2, 0) is 21.7 Å². The molecule has 4 heterocycles. The van der Waals surface area contributed by atoms with Crippen molar-refractivity contribution in [3.05, 3.63) is 539 Å². The summed E-state index contributed by atoms with van der Waals surface area (Å²) < 4.78 is 0. The zero-order valence-electron chi connectivity index (χ0n) is 74.3. The Labute approximate surface area is 768 Å². The highest BCUT2D eigenvalue weighted by molar-refractivity contribution is 6.17. The Morgan fingerprint density at radius 1 is 0.206 bits per heavy atom. The molecule has 0 spiro atoms. The minimum Gasteiger partial charge on any atom is -0.310 e. The summed E-state index contributed by atoms with van der Waals surface area (Å²) >= 11 is 0. The van der Waals surface area contributed by atoms with Gasteiger partial charge in [0.15, 0.2) is 0 Å². The summed E-state index contributed by atoms with van der Waals surface area (Å²) in [6, 6.07) is 178. The molecule has 0 saturated carbocycles. The van der Waals surface area contributed by atoms with Crippen molar-refractivity contribution in [1.29, 1.82) is 0 Å². The predicted molar refractivity (Wildman–Crippen MR) is 549 cm³/mol. The van der Waals surface area contributed by atoms with E-state index in [1.165, 1.54) is 93.9 Å². The number of hydrogen-bond donors (Lipinski definition) is 0. The Kier molecular flexibility index (Phi) is 18.6. The Bertz CT molecular complexity index is 7610. The van der Waals surface area contributed by atoms with Crippen LogP contribution in [0.1, 0.15) is 120 Å². The van der Waals surface area contributed by atoms with E-state index < -0.39 is 10.8 Å². The van der Waals surface area contributed by atoms with Crippen molar-refractivity contribution in [3.8, 4) is 55.6 Å². The lowest BCUT2D eigenvalue weighted by Crippen LogP contribution is -2.38. The topological polar surface area (TPSA) is 13.0 Å². The molecule has 1 unspecified atom stereocenters. The highest BCUT2D eigenvalue weighted by Crippen LogP contribution is 2.68. The lowest BCUT2D eigenvalue weighted by atomic mass is 9.62. The number of fused-ring (bicyclic) bond motifs is 11. The number of para-hydroxylation sites is 5. The van der Waals surface area contributed by atoms with Crippen LogP contribution in [0.2, 0.25) is 0 Å². The predicted octanol–water partition coefficient (Wildman–Crippen LogP) is 34.0. The average molecular weight is 1680 g/mol. The maximum atomic E-state index is 2.78. The standard InChI is InChI=1S/C127H96N4/c1-124(2,3)90-71-69-84(70-72-90)89-78-118-121-119(79-89)131(123-105(87-45-18-9-19-46-87)80-95(125(4,5)6)81-107(123)106-77-88-47-28-29-56-98(88)101-57-30-31-58-102(101)106)117-83-97(129-114-67-38-34-63-110(114)127(93-52-24-12-25-53-93,94-54-26-13-27-55-94)111-64-35-39-68-115(111)129)74-76-104(117)120(121)103-75-73-96(82-116(103)130(118)122-99(85-41-14-7-15-42-85)59-40-60-100(122)86-43-16-8-17-44-86)128-112-65-36-32-61-108(112)126(91-48-20-10-21-49-91,92-50-22-11-23-51-92)109-62-33-37-66-113(109)128/h7-83,120H,1-6H3. The molecule has 1 atom stereocenters. The van der Waals surface area contributed by atoms with Gasteiger partial charge in [0, 0.05) is 45.1 Å². The molecular formula is C127H96N4. The van der Waals surface area contributed by atoms with Gasteiger partial charge in [-0.3, -0.25) is 0 Å². The third-order valence-electron chi connectivity index (χ3n) is 28.4. The van der Waals surface area contributed by atoms with Gasteiger partial charge >= 0.3 is 0 Å². The largest absolute Gasteiger partial charge is 0.310 e. The van der Waals surface area contributed by atoms with Gasteiger partial charge in [-0.15, -0.1) is 0 Å². The van der Waals surface area contributed by atoms with E-state index in [0.29, 0.717) is 0 Å². The van der Waals surface area contributed by atoms with Crippen molar-refractivity contribution >= 4 is 89.8 Å². The van der Waals surface area contributed by atoms with E-state index in [2.05, 4.69) is 528 Å². The zero-order chi connectivity index (χ0) is 87.9. The van der Waals surface area contributed by atoms with E-state index in [4.69, 9.17) is 0 Å². The van der Waals surface area contributed by atoms with E-state index in [0.717, 1.165) is 124 Å². The van der Waals surface area contributed by atoms with Crippen molar-refractivity contribution in [2.24, 2.45) is 0 Å². The van der Waals surface area contributed by atoms with E-state index in [1.54, 1.807) is 0 Å². The number of benzene rings is 20. The number of hydrogen-bond acceptors (Lipinski definition) is 4. The van der Waals surface area contributed by atoms with Crippen LogP contribution in [-0.4, -0.2) is 0 Å². The molecule has 0 amide bonds. The second-order valence-electron chi connectivity index (χ2n) is 37.7. The van der Waals surface area contributed by atoms with Crippen molar-refractivity contribution in [3.63, 3.8) is 0 Å². The molecule has 0 saturated heterocycles. The lowest BCUT2D eigenvalue weighted by Gasteiger charge is -2.49. The third kappa shape index (κ3) is 12.4. The van der Waals surface area contributed by atoms with Gasteiger partial charge in [-0.2, -0.15) is 0 Å². The molecule has 0 aliphatic carbocycles. The Hall–Kier alpha value is -15.9. The van der Waals surface area contributed by atoms with Crippen molar-refractivity contribution in [1.82, 2.24) is 0 Å². The second-order valence-corrected chi connectivity index (χ2v) is 37.7. The molecule has 4 aliphatic rings. The zero-order valence-corrected chi connectivity index (χ0v) is 74.3. The fourth-order valence-corrected chi connectivity index (χ4v) is 22.5. The van der Waals surface area contributed by atoms with Gasteiger partial charge in [-0.1, -0.05) is 430 Å². The first-order valence-corrected chi connectivity index (χ1v) is 46.1. The quantitative estimate of drug-likeness (QED) is 0.107. The van der Waals surface area contributed by atoms with Crippen LogP contribution in [0.3, 0.4) is 0 Å². The fourth-order valence-electron chi connectivity index (χ4n) is 22.5. The summed E-state index contributed by atoms with van der Waals surface area (Å²) in [7, 11) is 0. The fraction of sp³-hybridized carbons (Fsp3) is 0.0866. The van der Waals surface area contributed by atoms with Gasteiger partial charge in [-0.05, 0) is 211 Å². The van der Waals surface area contributed by atoms with E-state index in [-0.39, 0.29) is 16.7 Å². The summed E-state index contributed by atoms with van der Waals surface area (Å²) in [6.07, 6.45) is 0. The molecule has 0 bridgehead atoms. The van der Waals surface area contributed by atoms with Gasteiger partial charge in [0.05, 0.1) is 67.7 Å². The molecular weight excluding hydrogens is 1580 g/mol. The Morgan fingerprint density at radius 3 is 0.962 bits per heavy atom. The van der Waals surface area contributed by atoms with Crippen molar-refractivity contribution in [2.45, 2.75) is 69.1 Å². The molecule has 24 rings (SSSR count). The molecule has 131 heavy (non-hydrogen) atoms. The normalized spacial score (nSPS) is 14.3. The molecule has 4 nitrogen and oxygen atoms in total. The van der Waals surface area contributed by atoms with Crippen LogP contribution in [0.15, 0.2) is 467 Å². The van der Waals surface area contributed by atoms with Gasteiger partial charge in [0.1, 0.15) is 0 Å². The van der Waals surface area contributed by atoms with Gasteiger partial charge in [0.2, 0.25) is 0 Å². The van der Waals surface area contributed by atoms with E-state index in [9.17, 15) is 0 Å². The SMILES string of the molecule is CC(C)(C)c1ccc(-c2cc3c4c(c2)N(c2c(-c5ccccc5)cc(C(C)(C)C)cc2-c2cc5ccccc5c5ccccc25)c2cc(N5c6ccccc6C(c6ccccc6)(c6ccccc6)c6ccccc65)ccc2C4c2ccc(N4c5ccccc5C(c5ccccc5)(c5ccccc5)c5ccccc54)cc2N3c2c(-c3ccccc3)cccc2-c2ccccc2)cc1. The van der Waals surface area contributed by atoms with Crippen LogP contribution < -0.4 is 19.6 Å². The number of nitrogens with zero attached hydrogens (tertiary/aromatic N) is 4. The summed E-state index contributed by atoms with van der Waals surface area (Å²) in [5.74, 6) is -0.379. The Morgan fingerprint density at radius 2 is 0.550 bits per heavy atom. The maximum absolute atomic E-state index is 2.78. The van der Waals surface area contributed by atoms with Crippen molar-refractivity contribution < 1.29 is 0 Å². The molecule has 4 aliphatic heterocycles. The van der Waals surface area contributed by atoms with Gasteiger partial charge in [0.25, 0.3) is 0 Å². The van der Waals surface area contributed by atoms with E-state index >= 15 is 0 Å². The minimum atomic E-state index is -0.707. The summed E-state index contributed by atoms with van der Waals surface area (Å²) in [6.45, 7) is 14.1.